The van der Waals surface area contributed by atoms with Gasteiger partial charge >= 0.3 is 0 Å². The summed E-state index contributed by atoms with van der Waals surface area (Å²) in [6.45, 7) is 2.69. The molecule has 0 aliphatic carbocycles. The van der Waals surface area contributed by atoms with Crippen molar-refractivity contribution in [1.82, 2.24) is 19.8 Å². The van der Waals surface area contributed by atoms with E-state index in [4.69, 9.17) is 4.52 Å². The minimum atomic E-state index is -3.53. The molecule has 1 saturated heterocycles. The minimum Gasteiger partial charge on any atom is -0.339 e. The maximum Gasteiger partial charge on any atom is 0.259 e. The number of aryl methyl sites for hydroxylation is 1. The summed E-state index contributed by atoms with van der Waals surface area (Å²) in [7, 11) is -3.53. The van der Waals surface area contributed by atoms with Gasteiger partial charge in [0.25, 0.3) is 11.6 Å². The standard InChI is InChI=1S/C23H22N4O4S2/c1-15-21-18(14-19(24-22(21)31-25-15)16-6-3-2-4-7-16)23(28)27-11-9-17(10-12-27)26-33(29,30)20-8-5-13-32-20/h2-8,13-14,17,26H,9-12H2,1H3. The molecule has 0 bridgehead atoms. The van der Waals surface area contributed by atoms with Crippen molar-refractivity contribution in [1.29, 1.82) is 0 Å². The third kappa shape index (κ3) is 4.29. The number of amides is 1. The van der Waals surface area contributed by atoms with Gasteiger partial charge in [-0.25, -0.2) is 18.1 Å². The van der Waals surface area contributed by atoms with Crippen LogP contribution >= 0.6 is 11.3 Å². The Bertz CT molecular complexity index is 1390. The first-order valence-corrected chi connectivity index (χ1v) is 13.0. The molecule has 1 amide bonds. The molecule has 4 aromatic rings. The summed E-state index contributed by atoms with van der Waals surface area (Å²) in [5, 5.41) is 6.36. The third-order valence-corrected chi connectivity index (χ3v) is 8.70. The lowest BCUT2D eigenvalue weighted by Crippen LogP contribution is -2.46. The summed E-state index contributed by atoms with van der Waals surface area (Å²) in [4.78, 5) is 19.8. The summed E-state index contributed by atoms with van der Waals surface area (Å²) in [6, 6.07) is 14.5. The van der Waals surface area contributed by atoms with Crippen LogP contribution in [0, 0.1) is 6.92 Å². The highest BCUT2D eigenvalue weighted by atomic mass is 32.2. The highest BCUT2D eigenvalue weighted by Gasteiger charge is 2.29. The zero-order valence-corrected chi connectivity index (χ0v) is 19.5. The van der Waals surface area contributed by atoms with Crippen LogP contribution < -0.4 is 4.72 Å². The predicted molar refractivity (Wildman–Crippen MR) is 126 cm³/mol. The average Bonchev–Trinajstić information content (AvgIpc) is 3.50. The number of rotatable bonds is 5. The maximum atomic E-state index is 13.5. The molecule has 1 fully saturated rings. The predicted octanol–water partition coefficient (Wildman–Crippen LogP) is 3.84. The van der Waals surface area contributed by atoms with Crippen LogP contribution in [0.3, 0.4) is 0 Å². The van der Waals surface area contributed by atoms with Gasteiger partial charge in [0.15, 0.2) is 0 Å². The van der Waals surface area contributed by atoms with Crippen molar-refractivity contribution in [3.63, 3.8) is 0 Å². The Morgan fingerprint density at radius 2 is 1.91 bits per heavy atom. The van der Waals surface area contributed by atoms with Crippen molar-refractivity contribution in [2.45, 2.75) is 30.0 Å². The Morgan fingerprint density at radius 1 is 1.15 bits per heavy atom. The summed E-state index contributed by atoms with van der Waals surface area (Å²) < 4.78 is 33.5. The van der Waals surface area contributed by atoms with Crippen LogP contribution in [0.25, 0.3) is 22.4 Å². The first-order chi connectivity index (χ1) is 15.9. The Kier molecular flexibility index (Phi) is 5.73. The van der Waals surface area contributed by atoms with E-state index in [0.717, 1.165) is 5.56 Å². The van der Waals surface area contributed by atoms with Gasteiger partial charge in [-0.2, -0.15) is 0 Å². The first kappa shape index (κ1) is 21.7. The highest BCUT2D eigenvalue weighted by Crippen LogP contribution is 2.29. The van der Waals surface area contributed by atoms with Crippen molar-refractivity contribution < 1.29 is 17.7 Å². The van der Waals surface area contributed by atoms with Crippen LogP contribution in [-0.2, 0) is 10.0 Å². The van der Waals surface area contributed by atoms with E-state index in [0.29, 0.717) is 58.2 Å². The van der Waals surface area contributed by atoms with Crippen LogP contribution in [0.1, 0.15) is 28.9 Å². The molecule has 33 heavy (non-hydrogen) atoms. The van der Waals surface area contributed by atoms with E-state index in [-0.39, 0.29) is 11.9 Å². The summed E-state index contributed by atoms with van der Waals surface area (Å²) in [5.41, 5.74) is 2.95. The van der Waals surface area contributed by atoms with Crippen molar-refractivity contribution in [3.05, 3.63) is 65.2 Å². The molecule has 0 spiro atoms. The van der Waals surface area contributed by atoms with Crippen molar-refractivity contribution in [2.24, 2.45) is 0 Å². The number of nitrogens with zero attached hydrogens (tertiary/aromatic N) is 3. The number of likely N-dealkylation sites (tertiary alicyclic amines) is 1. The highest BCUT2D eigenvalue weighted by molar-refractivity contribution is 7.91. The van der Waals surface area contributed by atoms with Gasteiger partial charge in [0, 0.05) is 24.7 Å². The molecule has 4 heterocycles. The van der Waals surface area contributed by atoms with Gasteiger partial charge in [0.2, 0.25) is 10.0 Å². The van der Waals surface area contributed by atoms with Crippen LogP contribution in [0.2, 0.25) is 0 Å². The number of hydrogen-bond donors (Lipinski definition) is 1. The van der Waals surface area contributed by atoms with Gasteiger partial charge in [-0.05, 0) is 37.3 Å². The lowest BCUT2D eigenvalue weighted by atomic mass is 10.0. The fourth-order valence-corrected chi connectivity index (χ4v) is 6.40. The second-order valence-electron chi connectivity index (χ2n) is 7.99. The lowest BCUT2D eigenvalue weighted by molar-refractivity contribution is 0.0713. The number of aromatic nitrogens is 2. The average molecular weight is 483 g/mol. The van der Waals surface area contributed by atoms with Gasteiger partial charge in [-0.15, -0.1) is 11.3 Å². The minimum absolute atomic E-state index is 0.134. The molecule has 5 rings (SSSR count). The second-order valence-corrected chi connectivity index (χ2v) is 10.9. The summed E-state index contributed by atoms with van der Waals surface area (Å²) in [6.07, 6.45) is 1.08. The van der Waals surface area contributed by atoms with E-state index < -0.39 is 10.0 Å². The Hall–Kier alpha value is -3.08. The molecule has 0 atom stereocenters. The van der Waals surface area contributed by atoms with E-state index in [9.17, 15) is 13.2 Å². The molecule has 1 N–H and O–H groups in total. The number of nitrogens with one attached hydrogen (secondary N) is 1. The second kappa shape index (κ2) is 8.69. The molecule has 0 unspecified atom stereocenters. The molecular weight excluding hydrogens is 460 g/mol. The van der Waals surface area contributed by atoms with Crippen molar-refractivity contribution in [2.75, 3.05) is 13.1 Å². The fraction of sp³-hybridized carbons (Fsp3) is 0.261. The molecule has 170 valence electrons. The molecule has 8 nitrogen and oxygen atoms in total. The molecule has 0 saturated carbocycles. The molecule has 1 aliphatic rings. The van der Waals surface area contributed by atoms with E-state index in [1.54, 1.807) is 35.4 Å². The van der Waals surface area contributed by atoms with Gasteiger partial charge in [-0.1, -0.05) is 41.6 Å². The Morgan fingerprint density at radius 3 is 2.61 bits per heavy atom. The van der Waals surface area contributed by atoms with Crippen LogP contribution in [0.4, 0.5) is 0 Å². The van der Waals surface area contributed by atoms with Crippen molar-refractivity contribution >= 4 is 38.4 Å². The number of pyridine rings is 1. The number of fused-ring (bicyclic) bond motifs is 1. The Labute approximate surface area is 195 Å². The Balaban J connectivity index is 1.37. The number of benzene rings is 1. The molecule has 3 aromatic heterocycles. The summed E-state index contributed by atoms with van der Waals surface area (Å²) in [5.74, 6) is -0.134. The number of thiophene rings is 1. The summed E-state index contributed by atoms with van der Waals surface area (Å²) >= 11 is 1.19. The van der Waals surface area contributed by atoms with Crippen molar-refractivity contribution in [3.8, 4) is 11.3 Å². The quantitative estimate of drug-likeness (QED) is 0.463. The molecule has 10 heteroatoms. The molecule has 1 aliphatic heterocycles. The normalized spacial score (nSPS) is 15.2. The van der Waals surface area contributed by atoms with E-state index >= 15 is 0 Å². The number of sulfonamides is 1. The topological polar surface area (TPSA) is 105 Å². The number of hydrogen-bond acceptors (Lipinski definition) is 7. The third-order valence-electron chi connectivity index (χ3n) is 5.78. The fourth-order valence-electron chi connectivity index (χ4n) is 4.08. The first-order valence-electron chi connectivity index (χ1n) is 10.6. The lowest BCUT2D eigenvalue weighted by Gasteiger charge is -2.32. The zero-order chi connectivity index (χ0) is 23.0. The van der Waals surface area contributed by atoms with E-state index in [2.05, 4.69) is 14.9 Å². The van der Waals surface area contributed by atoms with Gasteiger partial charge in [-0.3, -0.25) is 4.79 Å². The molecule has 0 radical (unpaired) electrons. The van der Waals surface area contributed by atoms with Crippen LogP contribution in [0.5, 0.6) is 0 Å². The van der Waals surface area contributed by atoms with Crippen LogP contribution in [0.15, 0.2) is 62.6 Å². The van der Waals surface area contributed by atoms with Gasteiger partial charge in [0.1, 0.15) is 4.21 Å². The molecule has 1 aromatic carbocycles. The van der Waals surface area contributed by atoms with Crippen LogP contribution in [-0.4, -0.2) is 48.5 Å². The van der Waals surface area contributed by atoms with Gasteiger partial charge in [0.05, 0.1) is 22.3 Å². The largest absolute Gasteiger partial charge is 0.339 e. The molecular formula is C23H22N4O4S2. The number of carbonyl (C=O) groups excluding carboxylic acids is 1. The monoisotopic (exact) mass is 482 g/mol. The van der Waals surface area contributed by atoms with E-state index in [1.807, 2.05) is 30.3 Å². The van der Waals surface area contributed by atoms with Gasteiger partial charge < -0.3 is 9.42 Å². The maximum absolute atomic E-state index is 13.5. The smallest absolute Gasteiger partial charge is 0.259 e. The SMILES string of the molecule is Cc1noc2nc(-c3ccccc3)cc(C(=O)N3CCC(NS(=O)(=O)c4cccs4)CC3)c12. The van der Waals surface area contributed by atoms with E-state index in [1.165, 1.54) is 11.3 Å². The number of carbonyl (C=O) groups is 1. The zero-order valence-electron chi connectivity index (χ0n) is 17.9. The number of piperidine rings is 1.